The lowest BCUT2D eigenvalue weighted by Crippen LogP contribution is -2.23. The first kappa shape index (κ1) is 18.0. The van der Waals surface area contributed by atoms with Crippen LogP contribution in [0.5, 0.6) is 0 Å². The van der Waals surface area contributed by atoms with Crippen molar-refractivity contribution in [1.29, 1.82) is 0 Å². The minimum atomic E-state index is -4.50. The largest absolute Gasteiger partial charge is 0.456 e. The lowest BCUT2D eigenvalue weighted by molar-refractivity contribution is 0.0110. The van der Waals surface area contributed by atoms with Gasteiger partial charge in [0.1, 0.15) is 22.4 Å². The van der Waals surface area contributed by atoms with E-state index in [2.05, 4.69) is 15.9 Å². The summed E-state index contributed by atoms with van der Waals surface area (Å²) in [6.45, 7) is 1.45. The van der Waals surface area contributed by atoms with E-state index in [0.717, 1.165) is 0 Å². The number of rotatable bonds is 5. The van der Waals surface area contributed by atoms with Crippen LogP contribution in [0.4, 0.5) is 8.78 Å². The number of halogens is 3. The van der Waals surface area contributed by atoms with Gasteiger partial charge in [-0.25, -0.2) is 27.1 Å². The van der Waals surface area contributed by atoms with E-state index in [1.54, 1.807) is 0 Å². The van der Waals surface area contributed by atoms with E-state index in [0.29, 0.717) is 6.07 Å². The Labute approximate surface area is 128 Å². The van der Waals surface area contributed by atoms with Gasteiger partial charge in [0.2, 0.25) is 10.0 Å². The summed E-state index contributed by atoms with van der Waals surface area (Å²) in [4.78, 5) is 10.7. The zero-order valence-electron chi connectivity index (χ0n) is 11.0. The lowest BCUT2D eigenvalue weighted by atomic mass is 10.2. The number of benzene rings is 1. The van der Waals surface area contributed by atoms with Gasteiger partial charge in [0, 0.05) is 11.6 Å². The Morgan fingerprint density at radius 3 is 2.52 bits per heavy atom. The molecule has 0 aliphatic rings. The average molecular weight is 388 g/mol. The molecule has 0 aromatic heterocycles. The molecule has 1 aromatic carbocycles. The highest BCUT2D eigenvalue weighted by atomic mass is 79.9. The summed E-state index contributed by atoms with van der Waals surface area (Å²) in [7, 11) is -3.15. The molecule has 0 aliphatic carbocycles. The van der Waals surface area contributed by atoms with E-state index in [1.807, 2.05) is 0 Å². The van der Waals surface area contributed by atoms with Crippen LogP contribution >= 0.6 is 15.9 Å². The van der Waals surface area contributed by atoms with Crippen molar-refractivity contribution in [1.82, 2.24) is 0 Å². The van der Waals surface area contributed by atoms with E-state index >= 15 is 0 Å². The van der Waals surface area contributed by atoms with Crippen LogP contribution in [-0.4, -0.2) is 34.2 Å². The van der Waals surface area contributed by atoms with Crippen LogP contribution in [0.25, 0.3) is 0 Å². The zero-order chi connectivity index (χ0) is 16.4. The maximum atomic E-state index is 14.1. The molecule has 0 heterocycles. The predicted octanol–water partition coefficient (Wildman–Crippen LogP) is 1.57. The molecule has 2 N–H and O–H groups in total. The number of primary sulfonamides is 1. The number of hydrogen-bond donors (Lipinski definition) is 1. The summed E-state index contributed by atoms with van der Waals surface area (Å²) < 4.78 is 59.5. The SMILES string of the molecule is COCC(C)OC(=O)c1c(F)cc(Br)c(S(N)(=O)=O)c1F. The first-order valence-corrected chi connectivity index (χ1v) is 7.83. The van der Waals surface area contributed by atoms with Crippen LogP contribution in [-0.2, 0) is 19.5 Å². The maximum Gasteiger partial charge on any atom is 0.344 e. The molecular weight excluding hydrogens is 376 g/mol. The van der Waals surface area contributed by atoms with E-state index in [1.165, 1.54) is 14.0 Å². The van der Waals surface area contributed by atoms with E-state index in [-0.39, 0.29) is 6.61 Å². The fourth-order valence-corrected chi connectivity index (χ4v) is 3.26. The van der Waals surface area contributed by atoms with Crippen LogP contribution in [0.2, 0.25) is 0 Å². The molecule has 0 saturated carbocycles. The van der Waals surface area contributed by atoms with Crippen LogP contribution in [0.3, 0.4) is 0 Å². The summed E-state index contributed by atoms with van der Waals surface area (Å²) in [5.41, 5.74) is -1.13. The van der Waals surface area contributed by atoms with Crippen molar-refractivity contribution >= 4 is 31.9 Å². The summed E-state index contributed by atoms with van der Waals surface area (Å²) in [5, 5.41) is 4.83. The third-order valence-electron chi connectivity index (χ3n) is 2.33. The van der Waals surface area contributed by atoms with Crippen molar-refractivity contribution in [3.63, 3.8) is 0 Å². The number of nitrogens with two attached hydrogens (primary N) is 1. The smallest absolute Gasteiger partial charge is 0.344 e. The van der Waals surface area contributed by atoms with Crippen molar-refractivity contribution in [3.8, 4) is 0 Å². The Balaban J connectivity index is 3.34. The van der Waals surface area contributed by atoms with E-state index < -0.39 is 48.7 Å². The molecule has 1 unspecified atom stereocenters. The van der Waals surface area contributed by atoms with Crippen molar-refractivity contribution in [3.05, 3.63) is 27.7 Å². The molecule has 0 saturated heterocycles. The minimum absolute atomic E-state index is 0.00749. The highest BCUT2D eigenvalue weighted by Gasteiger charge is 2.29. The number of carbonyl (C=O) groups excluding carboxylic acids is 1. The highest BCUT2D eigenvalue weighted by Crippen LogP contribution is 2.29. The number of sulfonamides is 1. The fourth-order valence-electron chi connectivity index (χ4n) is 1.53. The third-order valence-corrected chi connectivity index (χ3v) is 4.18. The Morgan fingerprint density at radius 2 is 2.05 bits per heavy atom. The molecule has 0 aliphatic heterocycles. The van der Waals surface area contributed by atoms with Gasteiger partial charge < -0.3 is 9.47 Å². The van der Waals surface area contributed by atoms with Crippen LogP contribution < -0.4 is 5.14 Å². The lowest BCUT2D eigenvalue weighted by Gasteiger charge is -2.14. The molecule has 118 valence electrons. The normalized spacial score (nSPS) is 13.0. The molecule has 0 amide bonds. The second-order valence-electron chi connectivity index (χ2n) is 4.07. The van der Waals surface area contributed by atoms with Crippen molar-refractivity contribution < 1.29 is 31.5 Å². The molecule has 1 rings (SSSR count). The number of ether oxygens (including phenoxy) is 2. The quantitative estimate of drug-likeness (QED) is 0.773. The van der Waals surface area contributed by atoms with E-state index in [9.17, 15) is 22.0 Å². The molecule has 10 heteroatoms. The predicted molar refractivity (Wildman–Crippen MR) is 72.2 cm³/mol. The molecule has 1 atom stereocenters. The Bertz CT molecular complexity index is 665. The molecular formula is C11H12BrF2NO5S. The standard InChI is InChI=1S/C11H12BrF2NO5S/c1-5(4-19-2)20-11(16)8-7(13)3-6(12)10(9(8)14)21(15,17)18/h3,5H,4H2,1-2H3,(H2,15,17,18). The molecule has 0 spiro atoms. The van der Waals surface area contributed by atoms with Gasteiger partial charge in [0.25, 0.3) is 0 Å². The first-order chi connectivity index (χ1) is 9.59. The number of hydrogen-bond acceptors (Lipinski definition) is 5. The van der Waals surface area contributed by atoms with Gasteiger partial charge in [-0.2, -0.15) is 0 Å². The average Bonchev–Trinajstić information content (AvgIpc) is 2.25. The third kappa shape index (κ3) is 4.19. The molecule has 21 heavy (non-hydrogen) atoms. The summed E-state index contributed by atoms with van der Waals surface area (Å²) in [6, 6.07) is 0.625. The van der Waals surface area contributed by atoms with Gasteiger partial charge in [0.05, 0.1) is 6.61 Å². The number of methoxy groups -OCH3 is 1. The maximum absolute atomic E-state index is 14.1. The molecule has 0 radical (unpaired) electrons. The van der Waals surface area contributed by atoms with Gasteiger partial charge >= 0.3 is 5.97 Å². The highest BCUT2D eigenvalue weighted by molar-refractivity contribution is 9.10. The summed E-state index contributed by atoms with van der Waals surface area (Å²) in [6.07, 6.45) is -0.775. The van der Waals surface area contributed by atoms with Gasteiger partial charge in [-0.3, -0.25) is 0 Å². The topological polar surface area (TPSA) is 95.7 Å². The molecule has 6 nitrogen and oxygen atoms in total. The Kier molecular flexibility index (Phi) is 5.79. The number of carbonyl (C=O) groups is 1. The molecule has 1 aromatic rings. The van der Waals surface area contributed by atoms with Gasteiger partial charge in [-0.1, -0.05) is 0 Å². The monoisotopic (exact) mass is 387 g/mol. The zero-order valence-corrected chi connectivity index (χ0v) is 13.4. The van der Waals surface area contributed by atoms with Gasteiger partial charge in [-0.05, 0) is 28.9 Å². The number of esters is 1. The first-order valence-electron chi connectivity index (χ1n) is 5.49. The van der Waals surface area contributed by atoms with Gasteiger partial charge in [0.15, 0.2) is 5.82 Å². The summed E-state index contributed by atoms with van der Waals surface area (Å²) >= 11 is 2.68. The fraction of sp³-hybridized carbons (Fsp3) is 0.364. The second-order valence-corrected chi connectivity index (χ2v) is 6.43. The van der Waals surface area contributed by atoms with E-state index in [4.69, 9.17) is 14.6 Å². The minimum Gasteiger partial charge on any atom is -0.456 e. The van der Waals surface area contributed by atoms with Crippen LogP contribution in [0.1, 0.15) is 17.3 Å². The molecule has 0 fully saturated rings. The van der Waals surface area contributed by atoms with Crippen molar-refractivity contribution in [2.24, 2.45) is 5.14 Å². The van der Waals surface area contributed by atoms with Gasteiger partial charge in [-0.15, -0.1) is 0 Å². The Hall–Kier alpha value is -1.10. The van der Waals surface area contributed by atoms with Crippen LogP contribution in [0, 0.1) is 11.6 Å². The van der Waals surface area contributed by atoms with Crippen molar-refractivity contribution in [2.75, 3.05) is 13.7 Å². The summed E-state index contributed by atoms with van der Waals surface area (Å²) in [5.74, 6) is -4.24. The molecule has 0 bridgehead atoms. The van der Waals surface area contributed by atoms with Crippen molar-refractivity contribution in [2.45, 2.75) is 17.9 Å². The second kappa shape index (κ2) is 6.77. The van der Waals surface area contributed by atoms with Crippen LogP contribution in [0.15, 0.2) is 15.4 Å². The Morgan fingerprint density at radius 1 is 1.48 bits per heavy atom.